The minimum atomic E-state index is -1.04. The molecule has 0 saturated heterocycles. The first kappa shape index (κ1) is 19.2. The van der Waals surface area contributed by atoms with Gasteiger partial charge in [0.1, 0.15) is 0 Å². The highest BCUT2D eigenvalue weighted by atomic mass is 19.2. The Morgan fingerprint density at radius 3 is 2.81 bits per heavy atom. The number of fused-ring (bicyclic) bond motifs is 1. The van der Waals surface area contributed by atoms with Crippen LogP contribution in [0.3, 0.4) is 0 Å². The average Bonchev–Trinajstić information content (AvgIpc) is 3.44. The van der Waals surface area contributed by atoms with Crippen molar-refractivity contribution in [3.8, 4) is 11.3 Å². The van der Waals surface area contributed by atoms with Crippen molar-refractivity contribution >= 4 is 5.91 Å². The van der Waals surface area contributed by atoms with Gasteiger partial charge in [0.2, 0.25) is 0 Å². The SMILES string of the molecule is Cn1cc(C2CN(C(=O)c3cc(-c4cccc(F)c4F)on3)Cc3ccccc32)cn1. The van der Waals surface area contributed by atoms with Crippen molar-refractivity contribution in [1.29, 1.82) is 0 Å². The highest BCUT2D eigenvalue weighted by Crippen LogP contribution is 2.34. The topological polar surface area (TPSA) is 64.2 Å². The fourth-order valence-electron chi connectivity index (χ4n) is 4.03. The van der Waals surface area contributed by atoms with Crippen molar-refractivity contribution in [2.24, 2.45) is 7.05 Å². The van der Waals surface area contributed by atoms with E-state index in [1.807, 2.05) is 31.4 Å². The molecule has 4 aromatic rings. The lowest BCUT2D eigenvalue weighted by molar-refractivity contribution is 0.0714. The third-order valence-electron chi connectivity index (χ3n) is 5.56. The van der Waals surface area contributed by atoms with Crippen molar-refractivity contribution in [3.63, 3.8) is 0 Å². The number of aryl methyl sites for hydroxylation is 1. The number of aromatic nitrogens is 3. The lowest BCUT2D eigenvalue weighted by Gasteiger charge is -2.34. The first-order valence-corrected chi connectivity index (χ1v) is 9.78. The van der Waals surface area contributed by atoms with E-state index in [2.05, 4.69) is 16.3 Å². The van der Waals surface area contributed by atoms with E-state index in [1.54, 1.807) is 15.8 Å². The van der Waals surface area contributed by atoms with Crippen LogP contribution in [-0.2, 0) is 13.6 Å². The zero-order valence-corrected chi connectivity index (χ0v) is 16.6. The summed E-state index contributed by atoms with van der Waals surface area (Å²) in [6.45, 7) is 0.861. The maximum absolute atomic E-state index is 14.1. The zero-order chi connectivity index (χ0) is 21.5. The Labute approximate surface area is 176 Å². The number of benzene rings is 2. The minimum absolute atomic E-state index is 0.00145. The van der Waals surface area contributed by atoms with Gasteiger partial charge in [-0.25, -0.2) is 8.78 Å². The molecule has 1 amide bonds. The molecule has 0 bridgehead atoms. The van der Waals surface area contributed by atoms with Crippen LogP contribution in [0.1, 0.15) is 33.1 Å². The molecule has 2 aromatic heterocycles. The summed E-state index contributed by atoms with van der Waals surface area (Å²) in [5.41, 5.74) is 3.17. The van der Waals surface area contributed by atoms with Gasteiger partial charge in [-0.1, -0.05) is 35.5 Å². The van der Waals surface area contributed by atoms with Crippen LogP contribution in [0, 0.1) is 11.6 Å². The first-order chi connectivity index (χ1) is 15.0. The Morgan fingerprint density at radius 1 is 1.16 bits per heavy atom. The molecule has 0 fully saturated rings. The maximum Gasteiger partial charge on any atom is 0.276 e. The highest BCUT2D eigenvalue weighted by Gasteiger charge is 2.31. The second kappa shape index (κ2) is 7.46. The van der Waals surface area contributed by atoms with E-state index in [4.69, 9.17) is 4.52 Å². The molecular weight excluding hydrogens is 402 g/mol. The number of hydrogen-bond acceptors (Lipinski definition) is 4. The van der Waals surface area contributed by atoms with Crippen molar-refractivity contribution in [1.82, 2.24) is 19.8 Å². The molecule has 1 aliphatic heterocycles. The van der Waals surface area contributed by atoms with Crippen molar-refractivity contribution in [3.05, 3.63) is 94.9 Å². The zero-order valence-electron chi connectivity index (χ0n) is 16.6. The smallest absolute Gasteiger partial charge is 0.276 e. The van der Waals surface area contributed by atoms with Crippen LogP contribution in [0.15, 0.2) is 65.4 Å². The fourth-order valence-corrected chi connectivity index (χ4v) is 4.03. The van der Waals surface area contributed by atoms with Crippen LogP contribution < -0.4 is 0 Å². The minimum Gasteiger partial charge on any atom is -0.355 e. The summed E-state index contributed by atoms with van der Waals surface area (Å²) in [5, 5.41) is 8.09. The Morgan fingerprint density at radius 2 is 2.00 bits per heavy atom. The summed E-state index contributed by atoms with van der Waals surface area (Å²) in [5.74, 6) is -2.40. The third-order valence-corrected chi connectivity index (χ3v) is 5.56. The maximum atomic E-state index is 14.1. The summed E-state index contributed by atoms with van der Waals surface area (Å²) >= 11 is 0. The number of nitrogens with zero attached hydrogens (tertiary/aromatic N) is 4. The summed E-state index contributed by atoms with van der Waals surface area (Å²) < 4.78 is 34.5. The summed E-state index contributed by atoms with van der Waals surface area (Å²) in [4.78, 5) is 14.9. The monoisotopic (exact) mass is 420 g/mol. The van der Waals surface area contributed by atoms with Crippen LogP contribution in [0.5, 0.6) is 0 Å². The number of amides is 1. The van der Waals surface area contributed by atoms with Crippen molar-refractivity contribution in [2.45, 2.75) is 12.5 Å². The Bertz CT molecular complexity index is 1280. The average molecular weight is 420 g/mol. The van der Waals surface area contributed by atoms with E-state index in [0.717, 1.165) is 22.8 Å². The van der Waals surface area contributed by atoms with Crippen molar-refractivity contribution < 1.29 is 18.1 Å². The van der Waals surface area contributed by atoms with Crippen LogP contribution in [0.4, 0.5) is 8.78 Å². The molecular formula is C23H18F2N4O2. The Balaban J connectivity index is 1.46. The quantitative estimate of drug-likeness (QED) is 0.500. The van der Waals surface area contributed by atoms with Crippen LogP contribution in [0.2, 0.25) is 0 Å². The van der Waals surface area contributed by atoms with Gasteiger partial charge in [-0.15, -0.1) is 0 Å². The van der Waals surface area contributed by atoms with Gasteiger partial charge in [0.15, 0.2) is 23.1 Å². The summed E-state index contributed by atoms with van der Waals surface area (Å²) in [7, 11) is 1.85. The standard InChI is InChI=1S/C23H18F2N4O2/c1-28-11-15(10-26-28)18-13-29(12-14-5-2-3-6-16(14)18)23(30)20-9-21(31-27-20)17-7-4-8-19(24)22(17)25/h2-11,18H,12-13H2,1H3. The van der Waals surface area contributed by atoms with Gasteiger partial charge < -0.3 is 9.42 Å². The molecule has 3 heterocycles. The lowest BCUT2D eigenvalue weighted by atomic mass is 9.86. The van der Waals surface area contributed by atoms with Gasteiger partial charge >= 0.3 is 0 Å². The number of halogens is 2. The van der Waals surface area contributed by atoms with E-state index in [1.165, 1.54) is 18.2 Å². The molecule has 0 saturated carbocycles. The molecule has 6 nitrogen and oxygen atoms in total. The molecule has 156 valence electrons. The molecule has 0 radical (unpaired) electrons. The van der Waals surface area contributed by atoms with Gasteiger partial charge in [0, 0.05) is 38.3 Å². The van der Waals surface area contributed by atoms with Gasteiger partial charge in [0.25, 0.3) is 5.91 Å². The van der Waals surface area contributed by atoms with Gasteiger partial charge in [0.05, 0.1) is 11.8 Å². The number of rotatable bonds is 3. The molecule has 0 aliphatic carbocycles. The lowest BCUT2D eigenvalue weighted by Crippen LogP contribution is -2.38. The molecule has 0 spiro atoms. The second-order valence-electron chi connectivity index (χ2n) is 7.56. The van der Waals surface area contributed by atoms with Gasteiger partial charge in [-0.3, -0.25) is 9.48 Å². The molecule has 1 unspecified atom stereocenters. The fraction of sp³-hybridized carbons (Fsp3) is 0.174. The predicted molar refractivity (Wildman–Crippen MR) is 108 cm³/mol. The third kappa shape index (κ3) is 3.39. The molecule has 31 heavy (non-hydrogen) atoms. The second-order valence-corrected chi connectivity index (χ2v) is 7.56. The van der Waals surface area contributed by atoms with Gasteiger partial charge in [-0.2, -0.15) is 5.10 Å². The normalized spacial score (nSPS) is 15.7. The first-order valence-electron chi connectivity index (χ1n) is 9.78. The Kier molecular flexibility index (Phi) is 4.62. The van der Waals surface area contributed by atoms with E-state index in [9.17, 15) is 13.6 Å². The molecule has 0 N–H and O–H groups in total. The largest absolute Gasteiger partial charge is 0.355 e. The highest BCUT2D eigenvalue weighted by molar-refractivity contribution is 5.93. The molecule has 1 atom stereocenters. The number of carbonyl (C=O) groups is 1. The predicted octanol–water partition coefficient (Wildman–Crippen LogP) is 4.14. The Hall–Kier alpha value is -3.81. The molecule has 2 aromatic carbocycles. The van der Waals surface area contributed by atoms with Gasteiger partial charge in [-0.05, 0) is 28.8 Å². The van der Waals surface area contributed by atoms with E-state index < -0.39 is 11.6 Å². The van der Waals surface area contributed by atoms with Crippen LogP contribution in [0.25, 0.3) is 11.3 Å². The van der Waals surface area contributed by atoms with Crippen LogP contribution >= 0.6 is 0 Å². The molecule has 1 aliphatic rings. The van der Waals surface area contributed by atoms with E-state index >= 15 is 0 Å². The summed E-state index contributed by atoms with van der Waals surface area (Å²) in [6.07, 6.45) is 3.74. The molecule has 5 rings (SSSR count). The number of carbonyl (C=O) groups excluding carboxylic acids is 1. The number of hydrogen-bond donors (Lipinski definition) is 0. The van der Waals surface area contributed by atoms with E-state index in [0.29, 0.717) is 13.1 Å². The van der Waals surface area contributed by atoms with E-state index in [-0.39, 0.29) is 28.8 Å². The molecule has 8 heteroatoms. The van der Waals surface area contributed by atoms with Crippen molar-refractivity contribution in [2.75, 3.05) is 6.54 Å². The van der Waals surface area contributed by atoms with Crippen LogP contribution in [-0.4, -0.2) is 32.3 Å². The summed E-state index contributed by atoms with van der Waals surface area (Å²) in [6, 6.07) is 13.1.